The molecule has 86 valence electrons. The fraction of sp³-hybridized carbons (Fsp3) is 0.462. The minimum absolute atomic E-state index is 0.0365. The topological polar surface area (TPSA) is 41.1 Å². The summed E-state index contributed by atoms with van der Waals surface area (Å²) in [6, 6.07) is 7.62. The molecule has 0 atom stereocenters. The van der Waals surface area contributed by atoms with Crippen molar-refractivity contribution in [1.82, 2.24) is 5.32 Å². The Morgan fingerprint density at radius 1 is 1.31 bits per heavy atom. The van der Waals surface area contributed by atoms with E-state index in [1.165, 1.54) is 19.3 Å². The van der Waals surface area contributed by atoms with Crippen molar-refractivity contribution in [2.75, 3.05) is 18.9 Å². The van der Waals surface area contributed by atoms with Crippen molar-refractivity contribution < 1.29 is 4.79 Å². The molecule has 3 heteroatoms. The summed E-state index contributed by atoms with van der Waals surface area (Å²) >= 11 is 0. The number of carbonyl (C=O) groups excluding carboxylic acids is 1. The third kappa shape index (κ3) is 2.54. The maximum Gasteiger partial charge on any atom is 0.251 e. The van der Waals surface area contributed by atoms with Gasteiger partial charge in [-0.15, -0.1) is 0 Å². The molecule has 0 aliphatic heterocycles. The molecule has 2 N–H and O–H groups in total. The Bertz CT molecular complexity index is 355. The van der Waals surface area contributed by atoms with E-state index in [1.54, 1.807) is 7.05 Å². The van der Waals surface area contributed by atoms with Crippen LogP contribution in [-0.2, 0) is 0 Å². The first-order valence-corrected chi connectivity index (χ1v) is 5.85. The highest BCUT2D eigenvalue weighted by Gasteiger charge is 2.16. The highest BCUT2D eigenvalue weighted by atomic mass is 16.1. The number of amides is 1. The van der Waals surface area contributed by atoms with E-state index in [0.717, 1.165) is 18.2 Å². The average molecular weight is 218 g/mol. The van der Waals surface area contributed by atoms with Gasteiger partial charge in [0, 0.05) is 24.8 Å². The summed E-state index contributed by atoms with van der Waals surface area (Å²) in [5.74, 6) is 0.809. The molecule has 0 saturated heterocycles. The molecule has 1 aliphatic carbocycles. The quantitative estimate of drug-likeness (QED) is 0.814. The smallest absolute Gasteiger partial charge is 0.251 e. The molecular formula is C13H18N2O. The molecule has 1 amide bonds. The Balaban J connectivity index is 1.88. The molecule has 0 unspecified atom stereocenters. The molecule has 1 aromatic rings. The number of rotatable bonds is 4. The Kier molecular flexibility index (Phi) is 3.44. The van der Waals surface area contributed by atoms with Gasteiger partial charge in [-0.1, -0.05) is 6.42 Å². The zero-order chi connectivity index (χ0) is 11.4. The molecule has 2 rings (SSSR count). The van der Waals surface area contributed by atoms with E-state index in [0.29, 0.717) is 5.56 Å². The Morgan fingerprint density at radius 2 is 2.00 bits per heavy atom. The number of hydrogen-bond acceptors (Lipinski definition) is 2. The van der Waals surface area contributed by atoms with Crippen molar-refractivity contribution >= 4 is 11.6 Å². The van der Waals surface area contributed by atoms with Gasteiger partial charge in [0.2, 0.25) is 0 Å². The number of benzene rings is 1. The lowest BCUT2D eigenvalue weighted by Gasteiger charge is -2.25. The lowest BCUT2D eigenvalue weighted by molar-refractivity contribution is 0.0963. The van der Waals surface area contributed by atoms with Gasteiger partial charge in [0.05, 0.1) is 0 Å². The number of carbonyl (C=O) groups is 1. The SMILES string of the molecule is CNC(=O)c1ccc(NCC2CCC2)cc1. The molecule has 0 spiro atoms. The van der Waals surface area contributed by atoms with Crippen LogP contribution in [0.3, 0.4) is 0 Å². The molecule has 1 fully saturated rings. The molecule has 0 aromatic heterocycles. The maximum absolute atomic E-state index is 11.3. The second-order valence-electron chi connectivity index (χ2n) is 4.33. The monoisotopic (exact) mass is 218 g/mol. The van der Waals surface area contributed by atoms with E-state index in [4.69, 9.17) is 0 Å². The molecule has 3 nitrogen and oxygen atoms in total. The van der Waals surface area contributed by atoms with E-state index in [9.17, 15) is 4.79 Å². The molecule has 0 heterocycles. The van der Waals surface area contributed by atoms with Crippen molar-refractivity contribution in [3.05, 3.63) is 29.8 Å². The van der Waals surface area contributed by atoms with Gasteiger partial charge >= 0.3 is 0 Å². The van der Waals surface area contributed by atoms with Crippen LogP contribution in [0.25, 0.3) is 0 Å². The summed E-state index contributed by atoms with van der Waals surface area (Å²) in [5.41, 5.74) is 1.80. The van der Waals surface area contributed by atoms with Crippen LogP contribution in [0.1, 0.15) is 29.6 Å². The maximum atomic E-state index is 11.3. The highest BCUT2D eigenvalue weighted by molar-refractivity contribution is 5.94. The minimum Gasteiger partial charge on any atom is -0.385 e. The molecule has 16 heavy (non-hydrogen) atoms. The van der Waals surface area contributed by atoms with E-state index in [1.807, 2.05) is 24.3 Å². The Hall–Kier alpha value is -1.51. The number of nitrogens with one attached hydrogen (secondary N) is 2. The van der Waals surface area contributed by atoms with Crippen molar-refractivity contribution in [3.63, 3.8) is 0 Å². The Labute approximate surface area is 96.2 Å². The van der Waals surface area contributed by atoms with Crippen LogP contribution < -0.4 is 10.6 Å². The van der Waals surface area contributed by atoms with Crippen molar-refractivity contribution in [2.45, 2.75) is 19.3 Å². The third-order valence-corrected chi connectivity index (χ3v) is 3.19. The highest BCUT2D eigenvalue weighted by Crippen LogP contribution is 2.26. The average Bonchev–Trinajstić information content (AvgIpc) is 2.27. The second kappa shape index (κ2) is 5.01. The van der Waals surface area contributed by atoms with Gasteiger partial charge < -0.3 is 10.6 Å². The summed E-state index contributed by atoms with van der Waals surface area (Å²) in [6.07, 6.45) is 4.08. The first-order valence-electron chi connectivity index (χ1n) is 5.85. The lowest BCUT2D eigenvalue weighted by Crippen LogP contribution is -2.21. The first kappa shape index (κ1) is 11.0. The van der Waals surface area contributed by atoms with Gasteiger partial charge in [0.25, 0.3) is 5.91 Å². The molecule has 1 saturated carbocycles. The van der Waals surface area contributed by atoms with E-state index in [-0.39, 0.29) is 5.91 Å². The second-order valence-corrected chi connectivity index (χ2v) is 4.33. The lowest BCUT2D eigenvalue weighted by atomic mass is 9.85. The van der Waals surface area contributed by atoms with Crippen LogP contribution in [-0.4, -0.2) is 19.5 Å². The fourth-order valence-corrected chi connectivity index (χ4v) is 1.84. The van der Waals surface area contributed by atoms with Gasteiger partial charge in [-0.2, -0.15) is 0 Å². The zero-order valence-electron chi connectivity index (χ0n) is 9.62. The molecule has 0 bridgehead atoms. The summed E-state index contributed by atoms with van der Waals surface area (Å²) in [4.78, 5) is 11.3. The van der Waals surface area contributed by atoms with Crippen molar-refractivity contribution in [2.24, 2.45) is 5.92 Å². The number of hydrogen-bond donors (Lipinski definition) is 2. The normalized spacial score (nSPS) is 15.3. The molecule has 0 radical (unpaired) electrons. The summed E-state index contributed by atoms with van der Waals surface area (Å²) in [5, 5.41) is 6.01. The fourth-order valence-electron chi connectivity index (χ4n) is 1.84. The zero-order valence-corrected chi connectivity index (χ0v) is 9.62. The summed E-state index contributed by atoms with van der Waals surface area (Å²) < 4.78 is 0. The largest absolute Gasteiger partial charge is 0.385 e. The van der Waals surface area contributed by atoms with Crippen LogP contribution in [0.15, 0.2) is 24.3 Å². The predicted molar refractivity (Wildman–Crippen MR) is 65.7 cm³/mol. The van der Waals surface area contributed by atoms with E-state index < -0.39 is 0 Å². The van der Waals surface area contributed by atoms with Gasteiger partial charge in [-0.25, -0.2) is 0 Å². The van der Waals surface area contributed by atoms with Crippen LogP contribution in [0.5, 0.6) is 0 Å². The molecule has 1 aromatic carbocycles. The molecular weight excluding hydrogens is 200 g/mol. The van der Waals surface area contributed by atoms with Gasteiger partial charge in [-0.3, -0.25) is 4.79 Å². The van der Waals surface area contributed by atoms with E-state index in [2.05, 4.69) is 10.6 Å². The van der Waals surface area contributed by atoms with Gasteiger partial charge in [0.15, 0.2) is 0 Å². The summed E-state index contributed by atoms with van der Waals surface area (Å²) in [7, 11) is 1.64. The van der Waals surface area contributed by atoms with Gasteiger partial charge in [-0.05, 0) is 43.0 Å². The standard InChI is InChI=1S/C13H18N2O/c1-14-13(16)11-5-7-12(8-6-11)15-9-10-3-2-4-10/h5-8,10,15H,2-4,9H2,1H3,(H,14,16). The molecule has 1 aliphatic rings. The van der Waals surface area contributed by atoms with E-state index >= 15 is 0 Å². The van der Waals surface area contributed by atoms with Crippen LogP contribution in [0.2, 0.25) is 0 Å². The first-order chi connectivity index (χ1) is 7.79. The van der Waals surface area contributed by atoms with Gasteiger partial charge in [0.1, 0.15) is 0 Å². The Morgan fingerprint density at radius 3 is 2.50 bits per heavy atom. The van der Waals surface area contributed by atoms with Crippen LogP contribution in [0, 0.1) is 5.92 Å². The van der Waals surface area contributed by atoms with Crippen LogP contribution in [0.4, 0.5) is 5.69 Å². The van der Waals surface area contributed by atoms with Crippen molar-refractivity contribution in [1.29, 1.82) is 0 Å². The predicted octanol–water partition coefficient (Wildman–Crippen LogP) is 2.26. The van der Waals surface area contributed by atoms with Crippen molar-refractivity contribution in [3.8, 4) is 0 Å². The minimum atomic E-state index is -0.0365. The number of anilines is 1. The summed E-state index contributed by atoms with van der Waals surface area (Å²) in [6.45, 7) is 1.05. The van der Waals surface area contributed by atoms with Crippen LogP contribution >= 0.6 is 0 Å². The third-order valence-electron chi connectivity index (χ3n) is 3.19.